The van der Waals surface area contributed by atoms with Crippen LogP contribution in [0.4, 0.5) is 8.78 Å². The van der Waals surface area contributed by atoms with E-state index in [1.165, 1.54) is 33.4 Å². The van der Waals surface area contributed by atoms with Crippen molar-refractivity contribution in [2.75, 3.05) is 14.2 Å². The predicted octanol–water partition coefficient (Wildman–Crippen LogP) is 7.38. The fourth-order valence-electron chi connectivity index (χ4n) is 2.84. The standard InChI is InChI=1S/C14H17Cl3FNO4S.C9H18FNO/c1-4-13(8(2)12(18)7-19-22-3)23-24(20,21)14-6-10(16)9(15)5-11(14)17;1-5-7(2)8(3)9(10)6-11-12-4/h5-8,12-13H,4H2,1-3H3;6-9H,5H2,1-4H3/t8-,12+,13+;7-,8+,9+/m00/s1. The van der Waals surface area contributed by atoms with Gasteiger partial charge < -0.3 is 9.68 Å². The van der Waals surface area contributed by atoms with Crippen LogP contribution in [0.5, 0.6) is 0 Å². The van der Waals surface area contributed by atoms with Gasteiger partial charge in [-0.25, -0.2) is 8.78 Å². The van der Waals surface area contributed by atoms with Crippen molar-refractivity contribution >= 4 is 57.4 Å². The van der Waals surface area contributed by atoms with Crippen LogP contribution >= 0.6 is 34.8 Å². The lowest BCUT2D eigenvalue weighted by Crippen LogP contribution is -2.32. The fourth-order valence-corrected chi connectivity index (χ4v) is 5.03. The molecule has 6 atom stereocenters. The number of oxime groups is 2. The lowest BCUT2D eigenvalue weighted by Gasteiger charge is -2.23. The van der Waals surface area contributed by atoms with Crippen LogP contribution < -0.4 is 0 Å². The molecule has 36 heavy (non-hydrogen) atoms. The summed E-state index contributed by atoms with van der Waals surface area (Å²) in [6.07, 6.45) is -0.0805. The Morgan fingerprint density at radius 2 is 1.33 bits per heavy atom. The number of halogens is 5. The van der Waals surface area contributed by atoms with E-state index < -0.39 is 34.5 Å². The zero-order chi connectivity index (χ0) is 28.1. The van der Waals surface area contributed by atoms with Gasteiger partial charge in [-0.2, -0.15) is 8.42 Å². The van der Waals surface area contributed by atoms with Crippen molar-refractivity contribution in [2.24, 2.45) is 28.1 Å². The molecule has 0 unspecified atom stereocenters. The van der Waals surface area contributed by atoms with E-state index in [1.54, 1.807) is 6.92 Å². The number of hydrogen-bond acceptors (Lipinski definition) is 7. The highest BCUT2D eigenvalue weighted by Crippen LogP contribution is 2.33. The number of nitrogens with zero attached hydrogens (tertiary/aromatic N) is 2. The number of hydrogen-bond donors (Lipinski definition) is 0. The van der Waals surface area contributed by atoms with Crippen molar-refractivity contribution in [3.63, 3.8) is 0 Å². The summed E-state index contributed by atoms with van der Waals surface area (Å²) in [7, 11) is -1.57. The lowest BCUT2D eigenvalue weighted by molar-refractivity contribution is 0.110. The Labute approximate surface area is 228 Å². The molecule has 0 aliphatic rings. The first-order valence-corrected chi connectivity index (χ1v) is 13.8. The Balaban J connectivity index is 0.000000860. The topological polar surface area (TPSA) is 86.6 Å². The lowest BCUT2D eigenvalue weighted by atomic mass is 9.90. The SMILES string of the molecule is CC[C@@H](OS(=O)(=O)c1cc(Cl)c(Cl)cc1Cl)[C@@H](C)[C@H](F)C=NOC.CC[C@H](C)[C@@H](C)[C@H](F)C=NOC. The summed E-state index contributed by atoms with van der Waals surface area (Å²) in [6.45, 7) is 9.17. The second-order valence-electron chi connectivity index (χ2n) is 8.06. The molecule has 0 saturated heterocycles. The molecule has 0 amide bonds. The predicted molar refractivity (Wildman–Crippen MR) is 142 cm³/mol. The molecule has 0 radical (unpaired) electrons. The number of rotatable bonds is 13. The van der Waals surface area contributed by atoms with Crippen molar-refractivity contribution in [1.82, 2.24) is 0 Å². The van der Waals surface area contributed by atoms with Crippen molar-refractivity contribution in [3.8, 4) is 0 Å². The zero-order valence-electron chi connectivity index (χ0n) is 21.4. The maximum atomic E-state index is 14.0. The van der Waals surface area contributed by atoms with Gasteiger partial charge in [0.25, 0.3) is 10.1 Å². The normalized spacial score (nSPS) is 17.1. The first-order valence-electron chi connectivity index (χ1n) is 11.3. The maximum absolute atomic E-state index is 14.0. The fraction of sp³-hybridized carbons (Fsp3) is 0.652. The van der Waals surface area contributed by atoms with Crippen LogP contribution in [-0.2, 0) is 24.0 Å². The Bertz CT molecular complexity index is 954. The maximum Gasteiger partial charge on any atom is 0.298 e. The summed E-state index contributed by atoms with van der Waals surface area (Å²) in [5.41, 5.74) is 0. The zero-order valence-corrected chi connectivity index (χ0v) is 24.5. The molecule has 0 aliphatic carbocycles. The molecule has 0 bridgehead atoms. The van der Waals surface area contributed by atoms with E-state index in [2.05, 4.69) is 26.9 Å². The van der Waals surface area contributed by atoms with Gasteiger partial charge >= 0.3 is 0 Å². The summed E-state index contributed by atoms with van der Waals surface area (Å²) in [6, 6.07) is 2.30. The Kier molecular flexibility index (Phi) is 16.8. The quantitative estimate of drug-likeness (QED) is 0.103. The largest absolute Gasteiger partial charge is 0.399 e. The van der Waals surface area contributed by atoms with Crippen LogP contribution in [0.1, 0.15) is 47.5 Å². The van der Waals surface area contributed by atoms with Crippen LogP contribution in [0.3, 0.4) is 0 Å². The molecule has 0 spiro atoms. The van der Waals surface area contributed by atoms with Gasteiger partial charge in [0, 0.05) is 5.92 Å². The van der Waals surface area contributed by atoms with Crippen LogP contribution in [0.25, 0.3) is 0 Å². The molecule has 7 nitrogen and oxygen atoms in total. The summed E-state index contributed by atoms with van der Waals surface area (Å²) < 4.78 is 57.2. The third-order valence-corrected chi connectivity index (χ3v) is 8.17. The number of benzene rings is 1. The van der Waals surface area contributed by atoms with Crippen LogP contribution in [0, 0.1) is 17.8 Å². The molecule has 1 aromatic carbocycles. The highest BCUT2D eigenvalue weighted by molar-refractivity contribution is 7.87. The third kappa shape index (κ3) is 11.5. The van der Waals surface area contributed by atoms with E-state index in [9.17, 15) is 17.2 Å². The highest BCUT2D eigenvalue weighted by Gasteiger charge is 2.31. The monoisotopic (exact) mass is 594 g/mol. The summed E-state index contributed by atoms with van der Waals surface area (Å²) in [5.74, 6) is -0.401. The Hall–Kier alpha value is -1.20. The molecule has 0 aliphatic heterocycles. The van der Waals surface area contributed by atoms with Crippen molar-refractivity contribution in [2.45, 2.75) is 70.8 Å². The van der Waals surface area contributed by atoms with Crippen LogP contribution in [0.15, 0.2) is 27.3 Å². The number of alkyl halides is 2. The van der Waals surface area contributed by atoms with Gasteiger partial charge in [0.1, 0.15) is 31.5 Å². The molecular formula is C23H35Cl3F2N2O5S. The smallest absolute Gasteiger partial charge is 0.298 e. The molecule has 0 aromatic heterocycles. The second-order valence-corrected chi connectivity index (χ2v) is 10.8. The first kappa shape index (κ1) is 34.8. The van der Waals surface area contributed by atoms with Crippen molar-refractivity contribution in [1.29, 1.82) is 0 Å². The first-order chi connectivity index (χ1) is 16.8. The average Bonchev–Trinajstić information content (AvgIpc) is 2.85. The Morgan fingerprint density at radius 3 is 1.78 bits per heavy atom. The minimum Gasteiger partial charge on any atom is -0.399 e. The average molecular weight is 596 g/mol. The summed E-state index contributed by atoms with van der Waals surface area (Å²) in [4.78, 5) is 8.49. The van der Waals surface area contributed by atoms with Gasteiger partial charge in [0.2, 0.25) is 0 Å². The van der Waals surface area contributed by atoms with Gasteiger partial charge in [0.05, 0.1) is 33.6 Å². The van der Waals surface area contributed by atoms with Crippen molar-refractivity contribution < 1.29 is 31.1 Å². The van der Waals surface area contributed by atoms with Gasteiger partial charge in [0.15, 0.2) is 0 Å². The molecular weight excluding hydrogens is 561 g/mol. The minimum atomic E-state index is -4.26. The van der Waals surface area contributed by atoms with Crippen molar-refractivity contribution in [3.05, 3.63) is 27.2 Å². The third-order valence-electron chi connectivity index (χ3n) is 5.65. The van der Waals surface area contributed by atoms with Gasteiger partial charge in [-0.05, 0) is 30.4 Å². The second kappa shape index (κ2) is 17.3. The van der Waals surface area contributed by atoms with E-state index in [4.69, 9.17) is 39.0 Å². The van der Waals surface area contributed by atoms with Crippen LogP contribution in [-0.4, -0.2) is 53.5 Å². The van der Waals surface area contributed by atoms with Crippen LogP contribution in [0.2, 0.25) is 15.1 Å². The van der Waals surface area contributed by atoms with Gasteiger partial charge in [-0.3, -0.25) is 4.18 Å². The summed E-state index contributed by atoms with van der Waals surface area (Å²) >= 11 is 17.5. The van der Waals surface area contributed by atoms with E-state index in [0.717, 1.165) is 18.7 Å². The highest BCUT2D eigenvalue weighted by atomic mass is 35.5. The molecule has 208 valence electrons. The van der Waals surface area contributed by atoms with E-state index in [-0.39, 0.29) is 32.3 Å². The molecule has 1 aromatic rings. The van der Waals surface area contributed by atoms with E-state index >= 15 is 0 Å². The molecule has 0 saturated carbocycles. The Morgan fingerprint density at radius 1 is 0.861 bits per heavy atom. The molecule has 1 rings (SSSR count). The molecule has 13 heteroatoms. The molecule has 0 N–H and O–H groups in total. The van der Waals surface area contributed by atoms with E-state index in [0.29, 0.717) is 5.92 Å². The van der Waals surface area contributed by atoms with Gasteiger partial charge in [-0.15, -0.1) is 0 Å². The minimum absolute atomic E-state index is 0.00824. The molecule has 0 heterocycles. The van der Waals surface area contributed by atoms with Gasteiger partial charge in [-0.1, -0.05) is 86.2 Å². The molecule has 0 fully saturated rings. The van der Waals surface area contributed by atoms with E-state index in [1.807, 2.05) is 13.8 Å². The summed E-state index contributed by atoms with van der Waals surface area (Å²) in [5, 5.41) is 6.74.